The number of carbonyl (C=O) groups is 1. The first-order chi connectivity index (χ1) is 14.0. The Hall–Kier alpha value is -2.19. The van der Waals surface area contributed by atoms with Crippen molar-refractivity contribution in [3.8, 4) is 11.5 Å². The molecule has 154 valence electrons. The van der Waals surface area contributed by atoms with E-state index in [2.05, 4.69) is 5.10 Å². The Kier molecular flexibility index (Phi) is 9.05. The second-order valence-corrected chi connectivity index (χ2v) is 6.50. The molecule has 0 saturated carbocycles. The molecular formula is C22H25N2NaO5. The Bertz CT molecular complexity index is 1050. The zero-order chi connectivity index (χ0) is 20.8. The summed E-state index contributed by atoms with van der Waals surface area (Å²) >= 11 is 0. The standard InChI is InChI=1S/C22H24N2O5.Na.H/c1-4-27-16(3)22(26)29-18-11-9-17(10-12-18)28-14-13-24-21(25)20-8-6-5-7-19(20)15(2)23-24;;/h5-12,16H,4,13-14H2,1-3H3;;. The van der Waals surface area contributed by atoms with Gasteiger partial charge in [0.05, 0.1) is 17.6 Å². The molecule has 1 heterocycles. The predicted molar refractivity (Wildman–Crippen MR) is 117 cm³/mol. The molecule has 0 spiro atoms. The van der Waals surface area contributed by atoms with E-state index in [1.807, 2.05) is 32.0 Å². The van der Waals surface area contributed by atoms with Crippen LogP contribution in [0.15, 0.2) is 53.3 Å². The van der Waals surface area contributed by atoms with E-state index in [1.54, 1.807) is 37.3 Å². The van der Waals surface area contributed by atoms with Crippen LogP contribution in [0.4, 0.5) is 0 Å². The fourth-order valence-electron chi connectivity index (χ4n) is 2.93. The van der Waals surface area contributed by atoms with Gasteiger partial charge >= 0.3 is 35.5 Å². The summed E-state index contributed by atoms with van der Waals surface area (Å²) in [4.78, 5) is 24.4. The van der Waals surface area contributed by atoms with Gasteiger partial charge in [0.15, 0.2) is 6.10 Å². The molecule has 2 aromatic carbocycles. The first-order valence-corrected chi connectivity index (χ1v) is 9.52. The Morgan fingerprint density at radius 1 is 1.07 bits per heavy atom. The van der Waals surface area contributed by atoms with Gasteiger partial charge in [-0.15, -0.1) is 0 Å². The summed E-state index contributed by atoms with van der Waals surface area (Å²) in [5.74, 6) is 0.572. The topological polar surface area (TPSA) is 79.7 Å². The van der Waals surface area contributed by atoms with Crippen molar-refractivity contribution in [1.82, 2.24) is 9.78 Å². The number of esters is 1. The average molecular weight is 420 g/mol. The number of carbonyl (C=O) groups excluding carboxylic acids is 1. The Morgan fingerprint density at radius 2 is 1.70 bits per heavy atom. The summed E-state index contributed by atoms with van der Waals surface area (Å²) < 4.78 is 17.6. The molecule has 0 aliphatic heterocycles. The number of ether oxygens (including phenoxy) is 3. The van der Waals surface area contributed by atoms with Gasteiger partial charge in [-0.05, 0) is 51.1 Å². The molecule has 0 saturated heterocycles. The van der Waals surface area contributed by atoms with Crippen LogP contribution < -0.4 is 15.0 Å². The quantitative estimate of drug-likeness (QED) is 0.316. The van der Waals surface area contributed by atoms with Gasteiger partial charge in [-0.3, -0.25) is 4.79 Å². The molecule has 0 aliphatic rings. The van der Waals surface area contributed by atoms with Crippen LogP contribution in [0.5, 0.6) is 11.5 Å². The van der Waals surface area contributed by atoms with Gasteiger partial charge in [0.25, 0.3) is 5.56 Å². The number of aromatic nitrogens is 2. The van der Waals surface area contributed by atoms with Gasteiger partial charge < -0.3 is 14.2 Å². The number of aryl methyl sites for hydroxylation is 1. The van der Waals surface area contributed by atoms with Gasteiger partial charge in [-0.2, -0.15) is 5.10 Å². The first kappa shape index (κ1) is 24.1. The number of rotatable bonds is 8. The minimum absolute atomic E-state index is 0. The molecule has 3 aromatic rings. The van der Waals surface area contributed by atoms with Crippen molar-refractivity contribution in [3.05, 3.63) is 64.6 Å². The van der Waals surface area contributed by atoms with Crippen LogP contribution in [0.1, 0.15) is 19.5 Å². The summed E-state index contributed by atoms with van der Waals surface area (Å²) in [6.07, 6.45) is -0.618. The van der Waals surface area contributed by atoms with E-state index in [4.69, 9.17) is 14.2 Å². The van der Waals surface area contributed by atoms with Crippen molar-refractivity contribution in [2.24, 2.45) is 0 Å². The summed E-state index contributed by atoms with van der Waals surface area (Å²) in [6, 6.07) is 14.1. The number of nitrogens with zero attached hydrogens (tertiary/aromatic N) is 2. The third-order valence-electron chi connectivity index (χ3n) is 4.41. The van der Waals surface area contributed by atoms with Crippen LogP contribution in [-0.2, 0) is 16.1 Å². The van der Waals surface area contributed by atoms with E-state index in [0.29, 0.717) is 30.0 Å². The fourth-order valence-corrected chi connectivity index (χ4v) is 2.93. The maximum atomic E-state index is 12.6. The van der Waals surface area contributed by atoms with Crippen molar-refractivity contribution in [1.29, 1.82) is 0 Å². The SMILES string of the molecule is CCOC(C)C(=O)Oc1ccc(OCCn2nc(C)c3ccccc3c2=O)cc1.[NaH]. The average Bonchev–Trinajstić information content (AvgIpc) is 2.73. The molecule has 0 amide bonds. The Balaban J connectivity index is 0.00000320. The molecule has 1 atom stereocenters. The van der Waals surface area contributed by atoms with E-state index >= 15 is 0 Å². The summed E-state index contributed by atoms with van der Waals surface area (Å²) in [5.41, 5.74) is 0.660. The fraction of sp³-hybridized carbons (Fsp3) is 0.318. The zero-order valence-electron chi connectivity index (χ0n) is 16.8. The summed E-state index contributed by atoms with van der Waals surface area (Å²) in [5, 5.41) is 5.87. The molecule has 0 bridgehead atoms. The van der Waals surface area contributed by atoms with Gasteiger partial charge in [0.1, 0.15) is 18.1 Å². The van der Waals surface area contributed by atoms with Crippen LogP contribution in [-0.4, -0.2) is 64.6 Å². The Labute approximate surface area is 197 Å². The number of benzene rings is 2. The van der Waals surface area contributed by atoms with Crippen LogP contribution in [0.25, 0.3) is 10.8 Å². The Morgan fingerprint density at radius 3 is 2.37 bits per heavy atom. The van der Waals surface area contributed by atoms with Crippen LogP contribution in [0.3, 0.4) is 0 Å². The molecule has 0 fully saturated rings. The van der Waals surface area contributed by atoms with E-state index in [1.165, 1.54) is 4.68 Å². The van der Waals surface area contributed by atoms with Crippen LogP contribution >= 0.6 is 0 Å². The van der Waals surface area contributed by atoms with Crippen LogP contribution in [0, 0.1) is 6.92 Å². The van der Waals surface area contributed by atoms with Gasteiger partial charge in [-0.25, -0.2) is 9.48 Å². The zero-order valence-corrected chi connectivity index (χ0v) is 16.8. The van der Waals surface area contributed by atoms with E-state index in [9.17, 15) is 9.59 Å². The number of hydrogen-bond acceptors (Lipinski definition) is 6. The molecule has 3 rings (SSSR count). The van der Waals surface area contributed by atoms with Gasteiger partial charge in [0.2, 0.25) is 0 Å². The molecule has 0 N–H and O–H groups in total. The molecular weight excluding hydrogens is 395 g/mol. The maximum absolute atomic E-state index is 12.6. The van der Waals surface area contributed by atoms with Gasteiger partial charge in [-0.1, -0.05) is 18.2 Å². The predicted octanol–water partition coefficient (Wildman–Crippen LogP) is 2.47. The normalized spacial score (nSPS) is 11.6. The molecule has 7 nitrogen and oxygen atoms in total. The number of hydrogen-bond donors (Lipinski definition) is 0. The molecule has 0 radical (unpaired) electrons. The van der Waals surface area contributed by atoms with Crippen molar-refractivity contribution >= 4 is 46.3 Å². The van der Waals surface area contributed by atoms with E-state index in [0.717, 1.165) is 11.1 Å². The van der Waals surface area contributed by atoms with Gasteiger partial charge in [0, 0.05) is 12.0 Å². The van der Waals surface area contributed by atoms with Crippen molar-refractivity contribution in [2.45, 2.75) is 33.4 Å². The molecule has 1 unspecified atom stereocenters. The first-order valence-electron chi connectivity index (χ1n) is 9.52. The third kappa shape index (κ3) is 5.92. The minimum atomic E-state index is -0.618. The van der Waals surface area contributed by atoms with Crippen molar-refractivity contribution in [3.63, 3.8) is 0 Å². The third-order valence-corrected chi connectivity index (χ3v) is 4.41. The molecule has 30 heavy (non-hydrogen) atoms. The second kappa shape index (κ2) is 11.3. The van der Waals surface area contributed by atoms with E-state index < -0.39 is 12.1 Å². The summed E-state index contributed by atoms with van der Waals surface area (Å²) in [7, 11) is 0. The van der Waals surface area contributed by atoms with Crippen LogP contribution in [0.2, 0.25) is 0 Å². The molecule has 0 aliphatic carbocycles. The van der Waals surface area contributed by atoms with E-state index in [-0.39, 0.29) is 41.7 Å². The van der Waals surface area contributed by atoms with Crippen molar-refractivity contribution < 1.29 is 19.0 Å². The number of fused-ring (bicyclic) bond motifs is 1. The molecule has 1 aromatic heterocycles. The molecule has 8 heteroatoms. The van der Waals surface area contributed by atoms with Crippen molar-refractivity contribution in [2.75, 3.05) is 13.2 Å². The summed E-state index contributed by atoms with van der Waals surface area (Å²) in [6.45, 7) is 6.40. The second-order valence-electron chi connectivity index (χ2n) is 6.50. The monoisotopic (exact) mass is 420 g/mol.